The molecule has 0 radical (unpaired) electrons. The number of aromatic nitrogens is 4. The number of aryl methyl sites for hydroxylation is 1. The number of fused-ring (bicyclic) bond motifs is 1. The summed E-state index contributed by atoms with van der Waals surface area (Å²) in [7, 11) is 0. The van der Waals surface area contributed by atoms with Crippen LogP contribution in [0.5, 0.6) is 0 Å². The highest BCUT2D eigenvalue weighted by molar-refractivity contribution is 5.77. The maximum absolute atomic E-state index is 13.2. The zero-order valence-corrected chi connectivity index (χ0v) is 13.4. The van der Waals surface area contributed by atoms with E-state index in [4.69, 9.17) is 0 Å². The summed E-state index contributed by atoms with van der Waals surface area (Å²) in [5.74, 6) is 0.337. The predicted molar refractivity (Wildman–Crippen MR) is 83.0 cm³/mol. The summed E-state index contributed by atoms with van der Waals surface area (Å²) in [4.78, 5) is 18.8. The Kier molecular flexibility index (Phi) is 4.09. The Labute approximate surface area is 139 Å². The molecule has 0 fully saturated rings. The molecule has 0 aliphatic heterocycles. The van der Waals surface area contributed by atoms with E-state index in [9.17, 15) is 22.4 Å². The number of hydrogen-bond acceptors (Lipinski definition) is 3. The zero-order chi connectivity index (χ0) is 18.4. The number of alkyl halides is 4. The second-order valence-corrected chi connectivity index (χ2v) is 5.67. The minimum absolute atomic E-state index is 0.0480. The molecule has 0 saturated heterocycles. The van der Waals surface area contributed by atoms with E-state index in [2.05, 4.69) is 15.1 Å². The number of rotatable bonds is 3. The van der Waals surface area contributed by atoms with Crippen LogP contribution in [-0.4, -0.2) is 19.7 Å². The zero-order valence-electron chi connectivity index (χ0n) is 13.4. The normalized spacial score (nSPS) is 13.4. The molecule has 0 spiro atoms. The van der Waals surface area contributed by atoms with Gasteiger partial charge in [-0.25, -0.2) is 14.1 Å². The highest BCUT2D eigenvalue weighted by Crippen LogP contribution is 2.31. The van der Waals surface area contributed by atoms with Crippen molar-refractivity contribution in [1.82, 2.24) is 19.7 Å². The third-order valence-electron chi connectivity index (χ3n) is 3.97. The highest BCUT2D eigenvalue weighted by Gasteiger charge is 2.30. The van der Waals surface area contributed by atoms with Gasteiger partial charge in [0.2, 0.25) is 0 Å². The van der Waals surface area contributed by atoms with Gasteiger partial charge in [-0.2, -0.15) is 18.3 Å². The molecule has 132 valence electrons. The third-order valence-corrected chi connectivity index (χ3v) is 3.97. The fourth-order valence-electron chi connectivity index (χ4n) is 2.68. The topological polar surface area (TPSA) is 63.6 Å². The van der Waals surface area contributed by atoms with E-state index < -0.39 is 30.0 Å². The number of H-pyrrole nitrogens is 1. The van der Waals surface area contributed by atoms with Crippen molar-refractivity contribution >= 4 is 11.0 Å². The Hall–Kier alpha value is -2.71. The van der Waals surface area contributed by atoms with Gasteiger partial charge < -0.3 is 4.98 Å². The molecule has 0 aliphatic carbocycles. The van der Waals surface area contributed by atoms with E-state index in [0.717, 1.165) is 12.1 Å². The quantitative estimate of drug-likeness (QED) is 0.732. The van der Waals surface area contributed by atoms with Gasteiger partial charge in [-0.3, -0.25) is 4.79 Å². The van der Waals surface area contributed by atoms with Crippen molar-refractivity contribution in [3.8, 4) is 0 Å². The fraction of sp³-hybridized carbons (Fsp3) is 0.312. The lowest BCUT2D eigenvalue weighted by Gasteiger charge is -2.15. The van der Waals surface area contributed by atoms with Crippen LogP contribution in [-0.2, 0) is 12.9 Å². The molecule has 3 rings (SSSR count). The van der Waals surface area contributed by atoms with Gasteiger partial charge in [0.15, 0.2) is 5.65 Å². The Balaban J connectivity index is 2.11. The first-order chi connectivity index (χ1) is 11.7. The van der Waals surface area contributed by atoms with E-state index in [1.165, 1.54) is 16.8 Å². The van der Waals surface area contributed by atoms with Crippen molar-refractivity contribution < 1.29 is 17.6 Å². The Morgan fingerprint density at radius 1 is 1.24 bits per heavy atom. The minimum atomic E-state index is -4.42. The van der Waals surface area contributed by atoms with E-state index >= 15 is 0 Å². The van der Waals surface area contributed by atoms with Crippen LogP contribution in [0.2, 0.25) is 0 Å². The van der Waals surface area contributed by atoms with Gasteiger partial charge >= 0.3 is 6.18 Å². The number of aromatic amines is 1. The molecule has 5 nitrogen and oxygen atoms in total. The maximum Gasteiger partial charge on any atom is 0.416 e. The first-order valence-electron chi connectivity index (χ1n) is 7.43. The first kappa shape index (κ1) is 17.1. The number of benzene rings is 1. The van der Waals surface area contributed by atoms with Crippen LogP contribution in [0, 0.1) is 6.92 Å². The van der Waals surface area contributed by atoms with E-state index in [-0.39, 0.29) is 16.7 Å². The molecule has 3 aromatic rings. The molecule has 1 atom stereocenters. The van der Waals surface area contributed by atoms with E-state index in [1.807, 2.05) is 0 Å². The summed E-state index contributed by atoms with van der Waals surface area (Å²) in [5, 5.41) is 4.14. The van der Waals surface area contributed by atoms with Crippen molar-refractivity contribution in [1.29, 1.82) is 0 Å². The second-order valence-electron chi connectivity index (χ2n) is 5.67. The summed E-state index contributed by atoms with van der Waals surface area (Å²) in [6.45, 7) is 2.32. The summed E-state index contributed by atoms with van der Waals surface area (Å²) < 4.78 is 52.6. The highest BCUT2D eigenvalue weighted by atomic mass is 19.4. The first-order valence-corrected chi connectivity index (χ1v) is 7.43. The van der Waals surface area contributed by atoms with Crippen LogP contribution in [0.25, 0.3) is 11.0 Å². The van der Waals surface area contributed by atoms with Crippen molar-refractivity contribution in [2.45, 2.75) is 32.7 Å². The van der Waals surface area contributed by atoms with Crippen LogP contribution in [0.1, 0.15) is 35.6 Å². The van der Waals surface area contributed by atoms with Crippen LogP contribution >= 0.6 is 0 Å². The predicted octanol–water partition coefficient (Wildman–Crippen LogP) is 3.53. The lowest BCUT2D eigenvalue weighted by Crippen LogP contribution is -2.13. The Morgan fingerprint density at radius 2 is 1.88 bits per heavy atom. The van der Waals surface area contributed by atoms with Gasteiger partial charge in [0.1, 0.15) is 23.6 Å². The fourth-order valence-corrected chi connectivity index (χ4v) is 2.68. The molecule has 2 heterocycles. The molecule has 1 unspecified atom stereocenters. The molecule has 1 N–H and O–H groups in total. The summed E-state index contributed by atoms with van der Waals surface area (Å²) in [6, 6.07) is 4.07. The lowest BCUT2D eigenvalue weighted by atomic mass is 10.1. The van der Waals surface area contributed by atoms with Gasteiger partial charge in [-0.1, -0.05) is 12.1 Å². The van der Waals surface area contributed by atoms with Crippen molar-refractivity contribution in [3.05, 3.63) is 57.3 Å². The molecule has 0 amide bonds. The van der Waals surface area contributed by atoms with Gasteiger partial charge in [0, 0.05) is 0 Å². The number of nitrogens with one attached hydrogen (secondary N) is 1. The number of nitrogens with zero attached hydrogens (tertiary/aromatic N) is 3. The van der Waals surface area contributed by atoms with Crippen molar-refractivity contribution in [2.24, 2.45) is 0 Å². The summed E-state index contributed by atoms with van der Waals surface area (Å²) in [5.41, 5.74) is -0.587. The van der Waals surface area contributed by atoms with Gasteiger partial charge in [0.05, 0.1) is 11.6 Å². The molecule has 2 aromatic heterocycles. The smallest absolute Gasteiger partial charge is 0.310 e. The molecular weight excluding hydrogens is 340 g/mol. The van der Waals surface area contributed by atoms with E-state index in [1.54, 1.807) is 13.8 Å². The molecule has 0 aliphatic rings. The molecule has 1 aromatic carbocycles. The van der Waals surface area contributed by atoms with Crippen LogP contribution in [0.4, 0.5) is 17.6 Å². The molecular formula is C16H14F4N4O. The molecule has 0 bridgehead atoms. The monoisotopic (exact) mass is 354 g/mol. The van der Waals surface area contributed by atoms with Crippen LogP contribution in [0.15, 0.2) is 29.1 Å². The van der Waals surface area contributed by atoms with Crippen molar-refractivity contribution in [2.75, 3.05) is 0 Å². The van der Waals surface area contributed by atoms with Gasteiger partial charge in [-0.15, -0.1) is 0 Å². The standard InChI is InChI=1S/C16H14F4N4O/c1-8(10-3-5-11(6-4-10)16(18,19)20)24-14-13(12(7-17)23-24)15(25)22-9(2)21-14/h3-6,8H,7H2,1-2H3,(H,21,22,25). The molecule has 25 heavy (non-hydrogen) atoms. The van der Waals surface area contributed by atoms with Gasteiger partial charge in [0.25, 0.3) is 5.56 Å². The van der Waals surface area contributed by atoms with E-state index in [0.29, 0.717) is 11.4 Å². The number of hydrogen-bond donors (Lipinski definition) is 1. The largest absolute Gasteiger partial charge is 0.416 e. The lowest BCUT2D eigenvalue weighted by molar-refractivity contribution is -0.137. The van der Waals surface area contributed by atoms with Crippen molar-refractivity contribution in [3.63, 3.8) is 0 Å². The second kappa shape index (κ2) is 5.98. The SMILES string of the molecule is Cc1nc2c(c(CF)nn2C(C)c2ccc(C(F)(F)F)cc2)c(=O)[nH]1. The summed E-state index contributed by atoms with van der Waals surface area (Å²) in [6.07, 6.45) is -4.42. The summed E-state index contributed by atoms with van der Waals surface area (Å²) >= 11 is 0. The third kappa shape index (κ3) is 3.01. The average Bonchev–Trinajstić information content (AvgIpc) is 2.92. The minimum Gasteiger partial charge on any atom is -0.310 e. The molecule has 0 saturated carbocycles. The Bertz CT molecular complexity index is 973. The number of halogens is 4. The maximum atomic E-state index is 13.2. The Morgan fingerprint density at radius 3 is 2.44 bits per heavy atom. The van der Waals surface area contributed by atoms with Crippen LogP contribution in [0.3, 0.4) is 0 Å². The molecule has 9 heteroatoms. The van der Waals surface area contributed by atoms with Crippen LogP contribution < -0.4 is 5.56 Å². The van der Waals surface area contributed by atoms with Gasteiger partial charge in [-0.05, 0) is 31.5 Å². The average molecular weight is 354 g/mol.